The van der Waals surface area contributed by atoms with Crippen LogP contribution in [-0.4, -0.2) is 44.2 Å². The first kappa shape index (κ1) is 15.8. The van der Waals surface area contributed by atoms with Crippen LogP contribution in [-0.2, 0) is 0 Å². The summed E-state index contributed by atoms with van der Waals surface area (Å²) in [6.07, 6.45) is -0.0384. The van der Waals surface area contributed by atoms with Gasteiger partial charge in [0, 0.05) is 6.20 Å². The molecule has 1 N–H and O–H groups in total. The lowest BCUT2D eigenvalue weighted by molar-refractivity contribution is -0.386. The molecule has 1 atom stereocenters. The van der Waals surface area contributed by atoms with E-state index in [1.165, 1.54) is 11.6 Å². The number of aliphatic hydroxyl groups is 1. The van der Waals surface area contributed by atoms with Crippen molar-refractivity contribution in [2.24, 2.45) is 0 Å². The monoisotopic (exact) mass is 310 g/mol. The van der Waals surface area contributed by atoms with Crippen molar-refractivity contribution in [2.75, 3.05) is 13.2 Å². The van der Waals surface area contributed by atoms with E-state index in [-0.39, 0.29) is 17.3 Å². The second-order valence-electron chi connectivity index (χ2n) is 4.61. The van der Waals surface area contributed by atoms with Gasteiger partial charge in [-0.05, 0) is 26.0 Å². The predicted molar refractivity (Wildman–Crippen MR) is 75.0 cm³/mol. The smallest absolute Gasteiger partial charge is 0.353 e. The summed E-state index contributed by atoms with van der Waals surface area (Å²) in [6, 6.07) is 3.39. The molecule has 9 heteroatoms. The molecular weight excluding hydrogens is 295 g/mol. The van der Waals surface area contributed by atoms with Crippen molar-refractivity contribution >= 4 is 5.69 Å². The molecule has 0 aliphatic rings. The lowest BCUT2D eigenvalue weighted by Crippen LogP contribution is -2.17. The summed E-state index contributed by atoms with van der Waals surface area (Å²) in [5.74, 6) is -0.290. The molecular formula is C13H15FN4O4. The van der Waals surface area contributed by atoms with E-state index in [0.29, 0.717) is 11.4 Å². The number of ether oxygens (including phenoxy) is 1. The van der Waals surface area contributed by atoms with Gasteiger partial charge in [-0.3, -0.25) is 15.1 Å². The summed E-state index contributed by atoms with van der Waals surface area (Å²) < 4.78 is 19.4. The van der Waals surface area contributed by atoms with Crippen molar-refractivity contribution < 1.29 is 19.2 Å². The maximum atomic E-state index is 13.1. The largest absolute Gasteiger partial charge is 0.469 e. The first-order valence-electron chi connectivity index (χ1n) is 6.49. The Bertz CT molecular complexity index is 689. The van der Waals surface area contributed by atoms with Gasteiger partial charge < -0.3 is 9.84 Å². The van der Waals surface area contributed by atoms with Crippen LogP contribution in [0, 0.1) is 24.0 Å². The molecule has 2 aromatic heterocycles. The molecule has 0 aliphatic carbocycles. The lowest BCUT2D eigenvalue weighted by atomic mass is 10.3. The van der Waals surface area contributed by atoms with E-state index in [9.17, 15) is 14.5 Å². The van der Waals surface area contributed by atoms with Gasteiger partial charge in [-0.2, -0.15) is 0 Å². The summed E-state index contributed by atoms with van der Waals surface area (Å²) in [6.45, 7) is 2.02. The number of aliphatic hydroxyl groups excluding tert-OH is 1. The maximum Gasteiger partial charge on any atom is 0.353 e. The Kier molecular flexibility index (Phi) is 4.66. The highest BCUT2D eigenvalue weighted by Gasteiger charge is 2.28. The fourth-order valence-corrected chi connectivity index (χ4v) is 1.93. The second kappa shape index (κ2) is 6.48. The van der Waals surface area contributed by atoms with Crippen molar-refractivity contribution in [3.05, 3.63) is 39.8 Å². The molecule has 0 saturated carbocycles. The average molecular weight is 310 g/mol. The van der Waals surface area contributed by atoms with E-state index in [1.807, 2.05) is 0 Å². The molecule has 118 valence electrons. The van der Waals surface area contributed by atoms with Crippen molar-refractivity contribution in [3.8, 4) is 11.6 Å². The first-order valence-corrected chi connectivity index (χ1v) is 6.49. The van der Waals surface area contributed by atoms with Crippen LogP contribution in [0.1, 0.15) is 11.4 Å². The second-order valence-corrected chi connectivity index (χ2v) is 4.61. The van der Waals surface area contributed by atoms with Crippen LogP contribution in [0.4, 0.5) is 10.1 Å². The molecule has 2 rings (SSSR count). The first-order chi connectivity index (χ1) is 10.5. The van der Waals surface area contributed by atoms with E-state index in [2.05, 4.69) is 10.1 Å². The third-order valence-corrected chi connectivity index (χ3v) is 3.04. The van der Waals surface area contributed by atoms with Gasteiger partial charge in [-0.15, -0.1) is 5.10 Å². The van der Waals surface area contributed by atoms with Gasteiger partial charge in [0.25, 0.3) is 0 Å². The molecule has 1 unspecified atom stereocenters. The quantitative estimate of drug-likeness (QED) is 0.640. The molecule has 8 nitrogen and oxygen atoms in total. The third-order valence-electron chi connectivity index (χ3n) is 3.04. The minimum Gasteiger partial charge on any atom is -0.469 e. The van der Waals surface area contributed by atoms with Gasteiger partial charge in [0.2, 0.25) is 0 Å². The number of pyridine rings is 1. The highest BCUT2D eigenvalue weighted by atomic mass is 19.1. The van der Waals surface area contributed by atoms with E-state index in [0.717, 1.165) is 0 Å². The number of hydrogen-bond donors (Lipinski definition) is 1. The minimum atomic E-state index is -1.63. The number of alkyl halides is 1. The highest BCUT2D eigenvalue weighted by molar-refractivity contribution is 5.50. The van der Waals surface area contributed by atoms with Crippen molar-refractivity contribution in [3.63, 3.8) is 0 Å². The van der Waals surface area contributed by atoms with Gasteiger partial charge in [0.15, 0.2) is 6.17 Å². The van der Waals surface area contributed by atoms with Crippen LogP contribution in [0.15, 0.2) is 18.3 Å². The summed E-state index contributed by atoms with van der Waals surface area (Å²) in [7, 11) is 0. The highest BCUT2D eigenvalue weighted by Crippen LogP contribution is 2.32. The zero-order valence-electron chi connectivity index (χ0n) is 12.1. The topological polar surface area (TPSA) is 103 Å². The Hall–Kier alpha value is -2.55. The number of hydrogen-bond acceptors (Lipinski definition) is 6. The Balaban J connectivity index is 2.45. The van der Waals surface area contributed by atoms with Crippen LogP contribution in [0.5, 0.6) is 5.88 Å². The van der Waals surface area contributed by atoms with Gasteiger partial charge in [-0.1, -0.05) is 0 Å². The SMILES string of the molecule is Cc1ncccc1-n1nc(OCC(F)CO)c([N+](=O)[O-])c1C. The maximum absolute atomic E-state index is 13.1. The molecule has 0 radical (unpaired) electrons. The molecule has 2 heterocycles. The van der Waals surface area contributed by atoms with Crippen LogP contribution < -0.4 is 4.74 Å². The van der Waals surface area contributed by atoms with Crippen molar-refractivity contribution in [2.45, 2.75) is 20.0 Å². The van der Waals surface area contributed by atoms with Crippen molar-refractivity contribution in [1.29, 1.82) is 0 Å². The van der Waals surface area contributed by atoms with Gasteiger partial charge >= 0.3 is 11.6 Å². The fourth-order valence-electron chi connectivity index (χ4n) is 1.93. The minimum absolute atomic E-state index is 0.246. The molecule has 22 heavy (non-hydrogen) atoms. The van der Waals surface area contributed by atoms with E-state index in [1.54, 1.807) is 25.3 Å². The summed E-state index contributed by atoms with van der Waals surface area (Å²) in [4.78, 5) is 14.7. The zero-order valence-corrected chi connectivity index (χ0v) is 12.1. The van der Waals surface area contributed by atoms with E-state index >= 15 is 0 Å². The Morgan fingerprint density at radius 3 is 2.86 bits per heavy atom. The number of aryl methyl sites for hydroxylation is 1. The predicted octanol–water partition coefficient (Wildman–Crippen LogP) is 1.50. The van der Waals surface area contributed by atoms with Crippen LogP contribution in [0.2, 0.25) is 0 Å². The summed E-state index contributed by atoms with van der Waals surface area (Å²) in [5.41, 5.74) is 1.11. The zero-order chi connectivity index (χ0) is 16.3. The molecule has 0 aliphatic heterocycles. The molecule has 0 aromatic carbocycles. The lowest BCUT2D eigenvalue weighted by Gasteiger charge is -2.06. The van der Waals surface area contributed by atoms with Gasteiger partial charge in [0.1, 0.15) is 12.3 Å². The molecule has 0 fully saturated rings. The molecule has 0 spiro atoms. The number of rotatable bonds is 6. The van der Waals surface area contributed by atoms with E-state index in [4.69, 9.17) is 9.84 Å². The van der Waals surface area contributed by atoms with Crippen LogP contribution in [0.3, 0.4) is 0 Å². The fraction of sp³-hybridized carbons (Fsp3) is 0.385. The Labute approximate surface area is 125 Å². The standard InChI is InChI=1S/C13H15FN4O4/c1-8-11(4-3-5-15-8)17-9(2)12(18(20)21)13(16-17)22-7-10(14)6-19/h3-5,10,19H,6-7H2,1-2H3. The van der Waals surface area contributed by atoms with Crippen LogP contribution in [0.25, 0.3) is 5.69 Å². The molecule has 2 aromatic rings. The van der Waals surface area contributed by atoms with E-state index < -0.39 is 24.3 Å². The number of halogens is 1. The average Bonchev–Trinajstić information content (AvgIpc) is 2.82. The summed E-state index contributed by atoms with van der Waals surface area (Å²) in [5, 5.41) is 23.9. The third kappa shape index (κ3) is 3.03. The molecule has 0 amide bonds. The Morgan fingerprint density at radius 1 is 1.55 bits per heavy atom. The number of aromatic nitrogens is 3. The van der Waals surface area contributed by atoms with Gasteiger partial charge in [0.05, 0.1) is 22.9 Å². The molecule has 0 bridgehead atoms. The van der Waals surface area contributed by atoms with Crippen LogP contribution >= 0.6 is 0 Å². The number of nitro groups is 1. The number of nitrogens with zero attached hydrogens (tertiary/aromatic N) is 4. The summed E-state index contributed by atoms with van der Waals surface area (Å²) >= 11 is 0. The Morgan fingerprint density at radius 2 is 2.27 bits per heavy atom. The van der Waals surface area contributed by atoms with Crippen molar-refractivity contribution in [1.82, 2.24) is 14.8 Å². The van der Waals surface area contributed by atoms with Gasteiger partial charge in [-0.25, -0.2) is 9.07 Å². The molecule has 0 saturated heterocycles. The normalized spacial score (nSPS) is 12.2.